The van der Waals surface area contributed by atoms with E-state index in [0.29, 0.717) is 0 Å². The van der Waals surface area contributed by atoms with Gasteiger partial charge in [-0.05, 0) is 36.6 Å². The van der Waals surface area contributed by atoms with Gasteiger partial charge in [-0.3, -0.25) is 0 Å². The van der Waals surface area contributed by atoms with E-state index in [0.717, 1.165) is 25.3 Å². The van der Waals surface area contributed by atoms with Crippen LogP contribution in [0.3, 0.4) is 0 Å². The predicted molar refractivity (Wildman–Crippen MR) is 68.8 cm³/mol. The Morgan fingerprint density at radius 1 is 1.18 bits per heavy atom. The molecule has 1 heterocycles. The SMILES string of the molecule is COc1cc(C)c(C)cc1CC1(OC)CNC1. The summed E-state index contributed by atoms with van der Waals surface area (Å²) in [6, 6.07) is 4.33. The Kier molecular flexibility index (Phi) is 3.40. The van der Waals surface area contributed by atoms with Gasteiger partial charge < -0.3 is 14.8 Å². The second-order valence-corrected chi connectivity index (χ2v) is 4.92. The molecule has 1 aromatic rings. The van der Waals surface area contributed by atoms with Crippen molar-refractivity contribution >= 4 is 0 Å². The van der Waals surface area contributed by atoms with Crippen molar-refractivity contribution in [2.75, 3.05) is 27.3 Å². The molecule has 0 saturated carbocycles. The molecule has 0 amide bonds. The van der Waals surface area contributed by atoms with Crippen LogP contribution in [0.5, 0.6) is 5.75 Å². The first-order valence-corrected chi connectivity index (χ1v) is 6.00. The normalized spacial score (nSPS) is 17.6. The van der Waals surface area contributed by atoms with Crippen LogP contribution < -0.4 is 10.1 Å². The second-order valence-electron chi connectivity index (χ2n) is 4.92. The third-order valence-corrected chi connectivity index (χ3v) is 3.74. The van der Waals surface area contributed by atoms with E-state index in [1.807, 2.05) is 0 Å². The van der Waals surface area contributed by atoms with E-state index in [2.05, 4.69) is 31.3 Å². The molecule has 1 fully saturated rings. The molecule has 2 rings (SSSR count). The lowest BCUT2D eigenvalue weighted by molar-refractivity contribution is -0.0505. The van der Waals surface area contributed by atoms with Gasteiger partial charge in [0.15, 0.2) is 0 Å². The van der Waals surface area contributed by atoms with E-state index < -0.39 is 0 Å². The summed E-state index contributed by atoms with van der Waals surface area (Å²) in [5, 5.41) is 3.27. The molecule has 1 aliphatic rings. The minimum atomic E-state index is -0.0466. The van der Waals surface area contributed by atoms with Gasteiger partial charge in [0.05, 0.1) is 12.7 Å². The zero-order chi connectivity index (χ0) is 12.5. The van der Waals surface area contributed by atoms with Crippen molar-refractivity contribution in [3.63, 3.8) is 0 Å². The Morgan fingerprint density at radius 3 is 2.29 bits per heavy atom. The lowest BCUT2D eigenvalue weighted by Crippen LogP contribution is -2.61. The Morgan fingerprint density at radius 2 is 1.82 bits per heavy atom. The number of methoxy groups -OCH3 is 2. The van der Waals surface area contributed by atoms with E-state index in [1.165, 1.54) is 16.7 Å². The molecule has 1 aromatic carbocycles. The molecule has 3 heteroatoms. The van der Waals surface area contributed by atoms with Gasteiger partial charge >= 0.3 is 0 Å². The van der Waals surface area contributed by atoms with Crippen molar-refractivity contribution < 1.29 is 9.47 Å². The monoisotopic (exact) mass is 235 g/mol. The van der Waals surface area contributed by atoms with Crippen LogP contribution in [0.1, 0.15) is 16.7 Å². The Labute approximate surface area is 103 Å². The number of aryl methyl sites for hydroxylation is 2. The molecule has 0 aromatic heterocycles. The first-order chi connectivity index (χ1) is 8.10. The third kappa shape index (κ3) is 2.31. The summed E-state index contributed by atoms with van der Waals surface area (Å²) in [7, 11) is 3.51. The van der Waals surface area contributed by atoms with Crippen molar-refractivity contribution in [1.29, 1.82) is 0 Å². The molecule has 1 N–H and O–H groups in total. The Hall–Kier alpha value is -1.06. The van der Waals surface area contributed by atoms with Crippen LogP contribution in [0, 0.1) is 13.8 Å². The van der Waals surface area contributed by atoms with Crippen LogP contribution in [-0.4, -0.2) is 32.9 Å². The third-order valence-electron chi connectivity index (χ3n) is 3.74. The molecule has 0 aliphatic carbocycles. The topological polar surface area (TPSA) is 30.5 Å². The predicted octanol–water partition coefficient (Wildman–Crippen LogP) is 1.84. The number of hydrogen-bond acceptors (Lipinski definition) is 3. The largest absolute Gasteiger partial charge is 0.496 e. The van der Waals surface area contributed by atoms with E-state index in [9.17, 15) is 0 Å². The quantitative estimate of drug-likeness (QED) is 0.864. The highest BCUT2D eigenvalue weighted by atomic mass is 16.5. The van der Waals surface area contributed by atoms with Crippen LogP contribution in [0.25, 0.3) is 0 Å². The molecule has 17 heavy (non-hydrogen) atoms. The number of rotatable bonds is 4. The number of ether oxygens (including phenoxy) is 2. The molecule has 1 aliphatic heterocycles. The smallest absolute Gasteiger partial charge is 0.122 e. The van der Waals surface area contributed by atoms with E-state index in [-0.39, 0.29) is 5.60 Å². The van der Waals surface area contributed by atoms with Gasteiger partial charge in [-0.2, -0.15) is 0 Å². The molecule has 1 saturated heterocycles. The average molecular weight is 235 g/mol. The van der Waals surface area contributed by atoms with Crippen molar-refractivity contribution in [2.24, 2.45) is 0 Å². The Bertz CT molecular complexity index is 405. The lowest BCUT2D eigenvalue weighted by atomic mass is 9.87. The summed E-state index contributed by atoms with van der Waals surface area (Å²) < 4.78 is 11.1. The summed E-state index contributed by atoms with van der Waals surface area (Å²) in [5.41, 5.74) is 3.76. The van der Waals surface area contributed by atoms with E-state index in [1.54, 1.807) is 14.2 Å². The highest BCUT2D eigenvalue weighted by Crippen LogP contribution is 2.29. The van der Waals surface area contributed by atoms with Crippen molar-refractivity contribution in [3.05, 3.63) is 28.8 Å². The highest BCUT2D eigenvalue weighted by molar-refractivity contribution is 5.42. The maximum Gasteiger partial charge on any atom is 0.122 e. The Balaban J connectivity index is 2.28. The fourth-order valence-corrected chi connectivity index (χ4v) is 2.27. The number of nitrogens with one attached hydrogen (secondary N) is 1. The van der Waals surface area contributed by atoms with Crippen LogP contribution in [0.15, 0.2) is 12.1 Å². The molecule has 3 nitrogen and oxygen atoms in total. The zero-order valence-electron chi connectivity index (χ0n) is 11.1. The average Bonchev–Trinajstić information content (AvgIpc) is 2.27. The molecule has 94 valence electrons. The van der Waals surface area contributed by atoms with Crippen LogP contribution in [-0.2, 0) is 11.2 Å². The zero-order valence-corrected chi connectivity index (χ0v) is 11.1. The molecule has 0 spiro atoms. The fourth-order valence-electron chi connectivity index (χ4n) is 2.27. The number of hydrogen-bond donors (Lipinski definition) is 1. The lowest BCUT2D eigenvalue weighted by Gasteiger charge is -2.41. The maximum atomic E-state index is 5.63. The van der Waals surface area contributed by atoms with Gasteiger partial charge in [0.2, 0.25) is 0 Å². The summed E-state index contributed by atoms with van der Waals surface area (Å²) >= 11 is 0. The highest BCUT2D eigenvalue weighted by Gasteiger charge is 2.37. The van der Waals surface area contributed by atoms with Crippen LogP contribution in [0.2, 0.25) is 0 Å². The van der Waals surface area contributed by atoms with E-state index >= 15 is 0 Å². The maximum absolute atomic E-state index is 5.63. The van der Waals surface area contributed by atoms with Gasteiger partial charge in [-0.25, -0.2) is 0 Å². The van der Waals surface area contributed by atoms with Crippen molar-refractivity contribution in [2.45, 2.75) is 25.9 Å². The van der Waals surface area contributed by atoms with Crippen molar-refractivity contribution in [3.8, 4) is 5.75 Å². The van der Waals surface area contributed by atoms with Gasteiger partial charge in [0, 0.05) is 26.6 Å². The minimum absolute atomic E-state index is 0.0466. The first-order valence-electron chi connectivity index (χ1n) is 6.00. The van der Waals surface area contributed by atoms with Gasteiger partial charge in [-0.15, -0.1) is 0 Å². The summed E-state index contributed by atoms with van der Waals surface area (Å²) in [6.45, 7) is 6.08. The molecule has 0 atom stereocenters. The van der Waals surface area contributed by atoms with Crippen LogP contribution >= 0.6 is 0 Å². The summed E-state index contributed by atoms with van der Waals surface area (Å²) in [5.74, 6) is 0.969. The minimum Gasteiger partial charge on any atom is -0.496 e. The molecule has 0 radical (unpaired) electrons. The standard InChI is InChI=1S/C14H21NO2/c1-10-5-12(13(16-3)6-11(10)2)7-14(17-4)8-15-9-14/h5-6,15H,7-9H2,1-4H3. The summed E-state index contributed by atoms with van der Waals surface area (Å²) in [4.78, 5) is 0. The molecular formula is C14H21NO2. The fraction of sp³-hybridized carbons (Fsp3) is 0.571. The molecule has 0 unspecified atom stereocenters. The van der Waals surface area contributed by atoms with Gasteiger partial charge in [0.1, 0.15) is 5.75 Å². The van der Waals surface area contributed by atoms with Gasteiger partial charge in [-0.1, -0.05) is 6.07 Å². The van der Waals surface area contributed by atoms with E-state index in [4.69, 9.17) is 9.47 Å². The molecular weight excluding hydrogens is 214 g/mol. The van der Waals surface area contributed by atoms with Gasteiger partial charge in [0.25, 0.3) is 0 Å². The van der Waals surface area contributed by atoms with Crippen molar-refractivity contribution in [1.82, 2.24) is 5.32 Å². The number of benzene rings is 1. The van der Waals surface area contributed by atoms with Crippen LogP contribution in [0.4, 0.5) is 0 Å². The summed E-state index contributed by atoms with van der Waals surface area (Å²) in [6.07, 6.45) is 0.904. The second kappa shape index (κ2) is 4.67. The molecule has 0 bridgehead atoms. The first kappa shape index (κ1) is 12.4.